The first-order valence-corrected chi connectivity index (χ1v) is 8.16. The maximum atomic E-state index is 4.81. The summed E-state index contributed by atoms with van der Waals surface area (Å²) in [7, 11) is 0. The van der Waals surface area contributed by atoms with Gasteiger partial charge in [-0.15, -0.1) is 0 Å². The molecule has 24 heavy (non-hydrogen) atoms. The van der Waals surface area contributed by atoms with Gasteiger partial charge >= 0.3 is 0 Å². The van der Waals surface area contributed by atoms with Crippen molar-refractivity contribution >= 4 is 32.4 Å². The highest BCUT2D eigenvalue weighted by atomic mass is 14.7. The molecule has 0 unspecified atom stereocenters. The minimum absolute atomic E-state index is 1.02. The molecular formula is C23H15N. The topological polar surface area (TPSA) is 12.9 Å². The lowest BCUT2D eigenvalue weighted by molar-refractivity contribution is 1.40. The molecule has 1 aromatic heterocycles. The number of pyridine rings is 1. The molecule has 112 valence electrons. The Morgan fingerprint density at radius 2 is 1.21 bits per heavy atom. The van der Waals surface area contributed by atoms with Gasteiger partial charge in [0.15, 0.2) is 0 Å². The van der Waals surface area contributed by atoms with Crippen LogP contribution in [0.1, 0.15) is 0 Å². The van der Waals surface area contributed by atoms with Crippen LogP contribution in [0.5, 0.6) is 0 Å². The zero-order valence-corrected chi connectivity index (χ0v) is 13.1. The van der Waals surface area contributed by atoms with Gasteiger partial charge in [-0.25, -0.2) is 4.98 Å². The van der Waals surface area contributed by atoms with Gasteiger partial charge in [-0.05, 0) is 39.7 Å². The fourth-order valence-corrected chi connectivity index (χ4v) is 3.40. The fraction of sp³-hybridized carbons (Fsp3) is 0. The van der Waals surface area contributed by atoms with Crippen LogP contribution in [0.4, 0.5) is 0 Å². The van der Waals surface area contributed by atoms with E-state index in [0.29, 0.717) is 0 Å². The van der Waals surface area contributed by atoms with Gasteiger partial charge in [0.25, 0.3) is 0 Å². The zero-order chi connectivity index (χ0) is 15.9. The van der Waals surface area contributed by atoms with Crippen molar-refractivity contribution in [1.82, 2.24) is 4.98 Å². The van der Waals surface area contributed by atoms with Crippen molar-refractivity contribution in [1.29, 1.82) is 0 Å². The number of aromatic nitrogens is 1. The fourth-order valence-electron chi connectivity index (χ4n) is 3.40. The average molecular weight is 305 g/mol. The number of para-hydroxylation sites is 1. The van der Waals surface area contributed by atoms with Gasteiger partial charge < -0.3 is 0 Å². The summed E-state index contributed by atoms with van der Waals surface area (Å²) < 4.78 is 0. The van der Waals surface area contributed by atoms with Crippen molar-refractivity contribution in [3.05, 3.63) is 91.0 Å². The smallest absolute Gasteiger partial charge is 0.0709 e. The molecule has 0 amide bonds. The summed E-state index contributed by atoms with van der Waals surface area (Å²) >= 11 is 0. The summed E-state index contributed by atoms with van der Waals surface area (Å²) in [5.74, 6) is 0. The van der Waals surface area contributed by atoms with Crippen LogP contribution >= 0.6 is 0 Å². The first-order chi connectivity index (χ1) is 11.9. The summed E-state index contributed by atoms with van der Waals surface area (Å²) in [6, 6.07) is 32.0. The third-order valence-electron chi connectivity index (χ3n) is 4.64. The van der Waals surface area contributed by atoms with Crippen molar-refractivity contribution < 1.29 is 0 Å². The lowest BCUT2D eigenvalue weighted by atomic mass is 9.99. The normalized spacial score (nSPS) is 11.3. The molecule has 5 aromatic rings. The van der Waals surface area contributed by atoms with E-state index in [1.54, 1.807) is 0 Å². The lowest BCUT2D eigenvalue weighted by Crippen LogP contribution is -1.86. The first kappa shape index (κ1) is 13.3. The van der Waals surface area contributed by atoms with Crippen LogP contribution < -0.4 is 0 Å². The number of fused-ring (bicyclic) bond motifs is 4. The maximum Gasteiger partial charge on any atom is 0.0709 e. The molecule has 0 N–H and O–H groups in total. The molecule has 0 saturated heterocycles. The van der Waals surface area contributed by atoms with Gasteiger partial charge in [-0.2, -0.15) is 0 Å². The molecule has 1 nitrogen and oxygen atoms in total. The SMILES string of the molecule is c1ccc2nc(-c3ccc4c(ccc5ccccc54)c3)ccc2c1. The number of nitrogens with zero attached hydrogens (tertiary/aromatic N) is 1. The van der Waals surface area contributed by atoms with Gasteiger partial charge in [-0.3, -0.25) is 0 Å². The summed E-state index contributed by atoms with van der Waals surface area (Å²) in [4.78, 5) is 4.81. The average Bonchev–Trinajstić information content (AvgIpc) is 2.67. The van der Waals surface area contributed by atoms with Crippen LogP contribution in [0.3, 0.4) is 0 Å². The molecule has 1 heteroatoms. The highest BCUT2D eigenvalue weighted by molar-refractivity contribution is 6.08. The minimum atomic E-state index is 1.02. The molecule has 0 fully saturated rings. The Hall–Kier alpha value is -3.19. The molecule has 0 spiro atoms. The number of hydrogen-bond donors (Lipinski definition) is 0. The van der Waals surface area contributed by atoms with E-state index in [-0.39, 0.29) is 0 Å². The number of benzene rings is 4. The Morgan fingerprint density at radius 3 is 2.17 bits per heavy atom. The molecule has 5 rings (SSSR count). The van der Waals surface area contributed by atoms with Gasteiger partial charge in [-0.1, -0.05) is 72.8 Å². The van der Waals surface area contributed by atoms with Crippen LogP contribution in [0.25, 0.3) is 43.7 Å². The molecular weight excluding hydrogens is 290 g/mol. The molecule has 0 radical (unpaired) electrons. The summed E-state index contributed by atoms with van der Waals surface area (Å²) in [6.45, 7) is 0. The molecule has 1 heterocycles. The second-order valence-corrected chi connectivity index (χ2v) is 6.11. The predicted octanol–water partition coefficient (Wildman–Crippen LogP) is 6.21. The van der Waals surface area contributed by atoms with Crippen molar-refractivity contribution in [2.45, 2.75) is 0 Å². The maximum absolute atomic E-state index is 4.81. The monoisotopic (exact) mass is 305 g/mol. The standard InChI is InChI=1S/C23H15N/c1-3-7-20-16(5-1)9-10-18-15-19(11-13-21(18)20)23-14-12-17-6-2-4-8-22(17)24-23/h1-15H. The zero-order valence-electron chi connectivity index (χ0n) is 13.1. The molecule has 0 saturated carbocycles. The van der Waals surface area contributed by atoms with Crippen LogP contribution in [0.15, 0.2) is 91.0 Å². The van der Waals surface area contributed by atoms with E-state index in [4.69, 9.17) is 4.98 Å². The van der Waals surface area contributed by atoms with Crippen molar-refractivity contribution in [3.63, 3.8) is 0 Å². The van der Waals surface area contributed by atoms with Gasteiger partial charge in [0.2, 0.25) is 0 Å². The van der Waals surface area contributed by atoms with Crippen LogP contribution in [0.2, 0.25) is 0 Å². The third kappa shape index (κ3) is 2.06. The van der Waals surface area contributed by atoms with Crippen LogP contribution in [0, 0.1) is 0 Å². The van der Waals surface area contributed by atoms with E-state index in [0.717, 1.165) is 16.8 Å². The third-order valence-corrected chi connectivity index (χ3v) is 4.64. The first-order valence-electron chi connectivity index (χ1n) is 8.16. The quantitative estimate of drug-likeness (QED) is 0.336. The second kappa shape index (κ2) is 5.17. The van der Waals surface area contributed by atoms with Gasteiger partial charge in [0.1, 0.15) is 0 Å². The van der Waals surface area contributed by atoms with E-state index in [1.165, 1.54) is 26.9 Å². The van der Waals surface area contributed by atoms with Crippen LogP contribution in [-0.4, -0.2) is 4.98 Å². The summed E-state index contributed by atoms with van der Waals surface area (Å²) in [6.07, 6.45) is 0. The Bertz CT molecular complexity index is 1200. The molecule has 0 bridgehead atoms. The Morgan fingerprint density at radius 1 is 0.500 bits per heavy atom. The minimum Gasteiger partial charge on any atom is -0.248 e. The second-order valence-electron chi connectivity index (χ2n) is 6.11. The highest BCUT2D eigenvalue weighted by Crippen LogP contribution is 2.29. The lowest BCUT2D eigenvalue weighted by Gasteiger charge is -2.07. The molecule has 0 aliphatic rings. The largest absolute Gasteiger partial charge is 0.248 e. The van der Waals surface area contributed by atoms with Gasteiger partial charge in [0.05, 0.1) is 11.2 Å². The van der Waals surface area contributed by atoms with Crippen molar-refractivity contribution in [3.8, 4) is 11.3 Å². The van der Waals surface area contributed by atoms with E-state index >= 15 is 0 Å². The highest BCUT2D eigenvalue weighted by Gasteiger charge is 2.05. The van der Waals surface area contributed by atoms with E-state index in [1.807, 2.05) is 12.1 Å². The Labute approximate surface area is 140 Å². The Kier molecular flexibility index (Phi) is 2.86. The molecule has 0 aliphatic heterocycles. The van der Waals surface area contributed by atoms with E-state index in [9.17, 15) is 0 Å². The number of rotatable bonds is 1. The van der Waals surface area contributed by atoms with Crippen molar-refractivity contribution in [2.24, 2.45) is 0 Å². The molecule has 0 atom stereocenters. The Balaban J connectivity index is 1.72. The predicted molar refractivity (Wildman–Crippen MR) is 102 cm³/mol. The van der Waals surface area contributed by atoms with E-state index in [2.05, 4.69) is 78.9 Å². The van der Waals surface area contributed by atoms with E-state index < -0.39 is 0 Å². The molecule has 4 aromatic carbocycles. The number of hydrogen-bond acceptors (Lipinski definition) is 1. The molecule has 0 aliphatic carbocycles. The van der Waals surface area contributed by atoms with Gasteiger partial charge in [0, 0.05) is 10.9 Å². The van der Waals surface area contributed by atoms with Crippen molar-refractivity contribution in [2.75, 3.05) is 0 Å². The van der Waals surface area contributed by atoms with Crippen LogP contribution in [-0.2, 0) is 0 Å². The summed E-state index contributed by atoms with van der Waals surface area (Å²) in [5.41, 5.74) is 3.21. The summed E-state index contributed by atoms with van der Waals surface area (Å²) in [5, 5.41) is 6.29.